The molecule has 0 bridgehead atoms. The Hall–Kier alpha value is -1.94. The number of aliphatic hydroxyl groups excluding tert-OH is 1. The van der Waals surface area contributed by atoms with E-state index >= 15 is 0 Å². The minimum atomic E-state index is -4.96. The molecule has 0 amide bonds. The molecular weight excluding hydrogens is 1270 g/mol. The maximum absolute atomic E-state index is 13.1. The van der Waals surface area contributed by atoms with Crippen LogP contribution in [0.4, 0.5) is 0 Å². The summed E-state index contributed by atoms with van der Waals surface area (Å²) in [6, 6.07) is 0. The Bertz CT molecular complexity index is 1890. The second-order valence-electron chi connectivity index (χ2n) is 29.3. The van der Waals surface area contributed by atoms with E-state index < -0.39 is 97.5 Å². The van der Waals surface area contributed by atoms with E-state index in [9.17, 15) is 43.2 Å². The molecular formula is C78H152O17P2. The van der Waals surface area contributed by atoms with Gasteiger partial charge in [0.1, 0.15) is 19.3 Å². The van der Waals surface area contributed by atoms with E-state index in [1.165, 1.54) is 205 Å². The van der Waals surface area contributed by atoms with Gasteiger partial charge < -0.3 is 33.8 Å². The first kappa shape index (κ1) is 95.1. The van der Waals surface area contributed by atoms with Gasteiger partial charge in [0.2, 0.25) is 0 Å². The van der Waals surface area contributed by atoms with Crippen LogP contribution in [0.3, 0.4) is 0 Å². The van der Waals surface area contributed by atoms with E-state index in [1.807, 2.05) is 0 Å². The fraction of sp³-hybridized carbons (Fsp3) is 0.949. The van der Waals surface area contributed by atoms with Crippen LogP contribution >= 0.6 is 15.6 Å². The molecule has 0 saturated carbocycles. The van der Waals surface area contributed by atoms with Gasteiger partial charge in [-0.2, -0.15) is 0 Å². The van der Waals surface area contributed by atoms with Crippen molar-refractivity contribution in [2.24, 2.45) is 17.8 Å². The lowest BCUT2D eigenvalue weighted by Gasteiger charge is -2.21. The Balaban J connectivity index is 5.21. The Morgan fingerprint density at radius 1 is 0.299 bits per heavy atom. The van der Waals surface area contributed by atoms with Crippen LogP contribution in [0.1, 0.15) is 402 Å². The van der Waals surface area contributed by atoms with Crippen LogP contribution in [0.25, 0.3) is 0 Å². The van der Waals surface area contributed by atoms with Gasteiger partial charge in [0.25, 0.3) is 0 Å². The molecule has 0 heterocycles. The van der Waals surface area contributed by atoms with E-state index in [0.29, 0.717) is 31.6 Å². The molecule has 576 valence electrons. The number of rotatable bonds is 76. The lowest BCUT2D eigenvalue weighted by molar-refractivity contribution is -0.161. The van der Waals surface area contributed by atoms with Crippen LogP contribution in [-0.2, 0) is 65.4 Å². The van der Waals surface area contributed by atoms with Crippen LogP contribution in [-0.4, -0.2) is 96.7 Å². The quantitative estimate of drug-likeness (QED) is 0.0222. The molecule has 0 rings (SSSR count). The van der Waals surface area contributed by atoms with Crippen LogP contribution < -0.4 is 0 Å². The number of carbonyl (C=O) groups is 4. The number of esters is 4. The first-order valence-electron chi connectivity index (χ1n) is 40.4. The molecule has 0 fully saturated rings. The van der Waals surface area contributed by atoms with Crippen molar-refractivity contribution in [2.75, 3.05) is 39.6 Å². The van der Waals surface area contributed by atoms with Gasteiger partial charge in [0.05, 0.1) is 26.4 Å². The molecule has 0 aromatic carbocycles. The molecule has 6 atom stereocenters. The first-order chi connectivity index (χ1) is 46.8. The molecule has 17 nitrogen and oxygen atoms in total. The van der Waals surface area contributed by atoms with Crippen molar-refractivity contribution in [1.29, 1.82) is 0 Å². The average Bonchev–Trinajstić information content (AvgIpc) is 1.26. The van der Waals surface area contributed by atoms with Crippen molar-refractivity contribution in [2.45, 2.75) is 420 Å². The fourth-order valence-electron chi connectivity index (χ4n) is 11.9. The molecule has 0 aliphatic heterocycles. The molecule has 0 saturated heterocycles. The van der Waals surface area contributed by atoms with Gasteiger partial charge in [-0.3, -0.25) is 37.3 Å². The van der Waals surface area contributed by atoms with Gasteiger partial charge in [-0.15, -0.1) is 0 Å². The zero-order valence-electron chi connectivity index (χ0n) is 63.5. The highest BCUT2D eigenvalue weighted by Gasteiger charge is 2.30. The summed E-state index contributed by atoms with van der Waals surface area (Å²) in [4.78, 5) is 72.8. The number of aliphatic hydroxyl groups is 1. The topological polar surface area (TPSA) is 237 Å². The highest BCUT2D eigenvalue weighted by atomic mass is 31.2. The van der Waals surface area contributed by atoms with E-state index in [1.54, 1.807) is 0 Å². The summed E-state index contributed by atoms with van der Waals surface area (Å²) in [6.07, 6.45) is 55.7. The van der Waals surface area contributed by atoms with E-state index in [4.69, 9.17) is 37.0 Å². The van der Waals surface area contributed by atoms with Crippen molar-refractivity contribution in [1.82, 2.24) is 0 Å². The van der Waals surface area contributed by atoms with Gasteiger partial charge in [-0.1, -0.05) is 350 Å². The Labute approximate surface area is 594 Å². The van der Waals surface area contributed by atoms with Crippen LogP contribution in [0, 0.1) is 17.8 Å². The van der Waals surface area contributed by atoms with Crippen molar-refractivity contribution in [3.63, 3.8) is 0 Å². The molecule has 0 aliphatic rings. The van der Waals surface area contributed by atoms with Crippen molar-refractivity contribution < 1.29 is 80.2 Å². The van der Waals surface area contributed by atoms with Crippen molar-refractivity contribution >= 4 is 39.5 Å². The summed E-state index contributed by atoms with van der Waals surface area (Å²) < 4.78 is 68.6. The minimum Gasteiger partial charge on any atom is -0.462 e. The number of phosphoric acid groups is 2. The smallest absolute Gasteiger partial charge is 0.462 e. The summed E-state index contributed by atoms with van der Waals surface area (Å²) in [7, 11) is -9.91. The molecule has 19 heteroatoms. The Morgan fingerprint density at radius 2 is 0.526 bits per heavy atom. The highest BCUT2D eigenvalue weighted by Crippen LogP contribution is 2.45. The van der Waals surface area contributed by atoms with Crippen molar-refractivity contribution in [3.8, 4) is 0 Å². The normalized spacial score (nSPS) is 14.3. The van der Waals surface area contributed by atoms with Gasteiger partial charge in [-0.25, -0.2) is 9.13 Å². The predicted octanol–water partition coefficient (Wildman–Crippen LogP) is 23.0. The molecule has 0 aromatic rings. The molecule has 0 spiro atoms. The lowest BCUT2D eigenvalue weighted by Crippen LogP contribution is -2.30. The third kappa shape index (κ3) is 70.9. The van der Waals surface area contributed by atoms with E-state index in [-0.39, 0.29) is 25.7 Å². The summed E-state index contributed by atoms with van der Waals surface area (Å²) in [6.45, 7) is 11.9. The molecule has 0 radical (unpaired) electrons. The number of carbonyl (C=O) groups excluding carboxylic acids is 4. The van der Waals surface area contributed by atoms with Gasteiger partial charge in [-0.05, 0) is 43.4 Å². The second-order valence-corrected chi connectivity index (χ2v) is 32.2. The van der Waals surface area contributed by atoms with Crippen LogP contribution in [0.2, 0.25) is 0 Å². The van der Waals surface area contributed by atoms with Gasteiger partial charge in [0.15, 0.2) is 12.2 Å². The molecule has 97 heavy (non-hydrogen) atoms. The Morgan fingerprint density at radius 3 is 0.784 bits per heavy atom. The van der Waals surface area contributed by atoms with E-state index in [2.05, 4.69) is 48.5 Å². The highest BCUT2D eigenvalue weighted by molar-refractivity contribution is 7.47. The fourth-order valence-corrected chi connectivity index (χ4v) is 13.5. The maximum Gasteiger partial charge on any atom is 0.472 e. The average molecular weight is 1420 g/mol. The molecule has 3 unspecified atom stereocenters. The third-order valence-corrected chi connectivity index (χ3v) is 20.4. The number of unbranched alkanes of at least 4 members (excludes halogenated alkanes) is 43. The molecule has 3 N–H and O–H groups in total. The number of hydrogen-bond donors (Lipinski definition) is 3. The monoisotopic (exact) mass is 1420 g/mol. The van der Waals surface area contributed by atoms with Crippen LogP contribution in [0.5, 0.6) is 0 Å². The second kappa shape index (κ2) is 68.5. The molecule has 0 aliphatic carbocycles. The van der Waals surface area contributed by atoms with Gasteiger partial charge in [0, 0.05) is 25.7 Å². The molecule has 0 aromatic heterocycles. The minimum absolute atomic E-state index is 0.104. The summed E-state index contributed by atoms with van der Waals surface area (Å²) in [5.41, 5.74) is 0. The zero-order chi connectivity index (χ0) is 71.6. The SMILES string of the molecule is CCCCCCCCCCCCCCCCCCCCCCCC(=O)O[C@H](COC(=O)CCCCCCCCCCCCC(C)CC)COP(=O)(O)OC[C@@H](O)COP(=O)(O)OC[C@@H](COC(=O)CCCCCCCCCC(C)C)OC(=O)CCCCCCCCCCCC(C)C. The van der Waals surface area contributed by atoms with Crippen LogP contribution in [0.15, 0.2) is 0 Å². The van der Waals surface area contributed by atoms with Crippen molar-refractivity contribution in [3.05, 3.63) is 0 Å². The third-order valence-electron chi connectivity index (χ3n) is 18.5. The summed E-state index contributed by atoms with van der Waals surface area (Å²) in [5, 5.41) is 10.6. The standard InChI is InChI=1S/C78H152O17P2/c1-8-10-11-12-13-14-15-16-17-18-19-20-21-22-23-24-25-32-39-47-54-61-77(82)94-73(65-88-75(80)59-52-45-38-31-27-26-30-37-44-51-58-71(7)9-2)67-92-96(84,85)90-63-72(79)64-91-97(86,87)93-68-74(66-89-76(81)60-53-46-41-34-36-43-50-57-70(5)6)95-78(83)62-55-48-40-33-28-29-35-42-49-56-69(3)4/h69-74,79H,8-68H2,1-7H3,(H,84,85)(H,86,87)/t71?,72-,73-,74-/m1/s1. The lowest BCUT2D eigenvalue weighted by atomic mass is 9.99. The number of phosphoric ester groups is 2. The Kier molecular flexibility index (Phi) is 67.1. The summed E-state index contributed by atoms with van der Waals surface area (Å²) in [5.74, 6) is 0.132. The number of hydrogen-bond acceptors (Lipinski definition) is 15. The van der Waals surface area contributed by atoms with E-state index in [0.717, 1.165) is 108 Å². The largest absolute Gasteiger partial charge is 0.472 e. The van der Waals surface area contributed by atoms with Gasteiger partial charge >= 0.3 is 39.5 Å². The first-order valence-corrected chi connectivity index (χ1v) is 43.4. The maximum atomic E-state index is 13.1. The zero-order valence-corrected chi connectivity index (χ0v) is 65.3. The summed E-state index contributed by atoms with van der Waals surface area (Å²) >= 11 is 0. The predicted molar refractivity (Wildman–Crippen MR) is 395 cm³/mol. The number of ether oxygens (including phenoxy) is 4.